The summed E-state index contributed by atoms with van der Waals surface area (Å²) < 4.78 is 0. The van der Waals surface area contributed by atoms with Crippen molar-refractivity contribution in [1.29, 1.82) is 0 Å². The van der Waals surface area contributed by atoms with Crippen molar-refractivity contribution in [1.82, 2.24) is 0 Å². The number of carbonyl (C=O) groups excluding carboxylic acids is 1. The maximum absolute atomic E-state index is 11.6. The highest BCUT2D eigenvalue weighted by atomic mass is 32.2. The summed E-state index contributed by atoms with van der Waals surface area (Å²) in [4.78, 5) is 12.8. The minimum atomic E-state index is 0.140. The van der Waals surface area contributed by atoms with Gasteiger partial charge in [0.25, 0.3) is 0 Å². The zero-order valence-corrected chi connectivity index (χ0v) is 12.0. The van der Waals surface area contributed by atoms with Crippen LogP contribution in [0.15, 0.2) is 29.2 Å². The van der Waals surface area contributed by atoms with Gasteiger partial charge in [-0.25, -0.2) is 0 Å². The van der Waals surface area contributed by atoms with Gasteiger partial charge in [-0.05, 0) is 30.0 Å². The van der Waals surface area contributed by atoms with Crippen LogP contribution in [0.1, 0.15) is 33.3 Å². The Morgan fingerprint density at radius 1 is 1.24 bits per heavy atom. The van der Waals surface area contributed by atoms with Gasteiger partial charge in [-0.1, -0.05) is 39.8 Å². The van der Waals surface area contributed by atoms with Crippen LogP contribution in [0.2, 0.25) is 0 Å². The monoisotopic (exact) mass is 250 g/mol. The molecule has 0 unspecified atom stereocenters. The Bertz CT molecular complexity index is 369. The lowest BCUT2D eigenvalue weighted by molar-refractivity contribution is -0.119. The predicted octanol–water partition coefficient (Wildman–Crippen LogP) is 4.20. The Labute approximate surface area is 109 Å². The molecule has 0 spiro atoms. The molecule has 0 radical (unpaired) electrons. The van der Waals surface area contributed by atoms with E-state index >= 15 is 0 Å². The van der Waals surface area contributed by atoms with Crippen molar-refractivity contribution in [2.24, 2.45) is 11.8 Å². The Kier molecular flexibility index (Phi) is 5.76. The quantitative estimate of drug-likeness (QED) is 0.704. The van der Waals surface area contributed by atoms with Crippen LogP contribution in [0, 0.1) is 11.8 Å². The lowest BCUT2D eigenvalue weighted by Gasteiger charge is -2.08. The second kappa shape index (κ2) is 6.85. The van der Waals surface area contributed by atoms with E-state index in [4.69, 9.17) is 0 Å². The standard InChI is InChI=1S/C15H22OS/c1-11(2)8-13-6-5-7-14(9-13)17-10-15(16)12(3)4/h5-7,9,11-12H,8,10H2,1-4H3. The van der Waals surface area contributed by atoms with Gasteiger partial charge in [0, 0.05) is 10.8 Å². The topological polar surface area (TPSA) is 17.1 Å². The molecule has 2 heteroatoms. The molecule has 1 rings (SSSR count). The number of carbonyl (C=O) groups is 1. The third-order valence-electron chi connectivity index (χ3n) is 2.57. The number of ketones is 1. The van der Waals surface area contributed by atoms with Gasteiger partial charge >= 0.3 is 0 Å². The lowest BCUT2D eigenvalue weighted by Crippen LogP contribution is -2.09. The van der Waals surface area contributed by atoms with Crippen LogP contribution >= 0.6 is 11.8 Å². The first-order valence-corrected chi connectivity index (χ1v) is 7.22. The first kappa shape index (κ1) is 14.3. The van der Waals surface area contributed by atoms with Crippen LogP contribution in [-0.4, -0.2) is 11.5 Å². The van der Waals surface area contributed by atoms with Crippen molar-refractivity contribution in [3.63, 3.8) is 0 Å². The van der Waals surface area contributed by atoms with Crippen LogP contribution in [0.25, 0.3) is 0 Å². The first-order chi connectivity index (χ1) is 7.99. The normalized spacial score (nSPS) is 11.2. The molecule has 0 aliphatic carbocycles. The van der Waals surface area contributed by atoms with Gasteiger partial charge in [-0.2, -0.15) is 0 Å². The number of rotatable bonds is 6. The van der Waals surface area contributed by atoms with E-state index in [9.17, 15) is 4.79 Å². The number of Topliss-reactive ketones (excluding diaryl/α,β-unsaturated/α-hetero) is 1. The average Bonchev–Trinajstić information content (AvgIpc) is 2.25. The highest BCUT2D eigenvalue weighted by Crippen LogP contribution is 2.21. The summed E-state index contributed by atoms with van der Waals surface area (Å²) in [5, 5.41) is 0. The molecule has 1 aromatic carbocycles. The van der Waals surface area contributed by atoms with Crippen LogP contribution in [0.5, 0.6) is 0 Å². The molecule has 0 saturated carbocycles. The van der Waals surface area contributed by atoms with Crippen LogP contribution in [0.4, 0.5) is 0 Å². The minimum absolute atomic E-state index is 0.140. The third-order valence-corrected chi connectivity index (χ3v) is 3.58. The van der Waals surface area contributed by atoms with Gasteiger partial charge in [-0.3, -0.25) is 4.79 Å². The third kappa shape index (κ3) is 5.40. The molecule has 0 bridgehead atoms. The van der Waals surface area contributed by atoms with E-state index in [2.05, 4.69) is 38.1 Å². The SMILES string of the molecule is CC(C)Cc1cccc(SCC(=O)C(C)C)c1. The highest BCUT2D eigenvalue weighted by Gasteiger charge is 2.08. The molecule has 0 atom stereocenters. The van der Waals surface area contributed by atoms with E-state index in [1.54, 1.807) is 11.8 Å². The average molecular weight is 250 g/mol. The van der Waals surface area contributed by atoms with Crippen molar-refractivity contribution in [3.05, 3.63) is 29.8 Å². The molecule has 0 aliphatic heterocycles. The molecule has 1 nitrogen and oxygen atoms in total. The Morgan fingerprint density at radius 3 is 2.53 bits per heavy atom. The smallest absolute Gasteiger partial charge is 0.145 e. The van der Waals surface area contributed by atoms with Gasteiger partial charge < -0.3 is 0 Å². The summed E-state index contributed by atoms with van der Waals surface area (Å²) in [6.45, 7) is 8.36. The second-order valence-corrected chi connectivity index (χ2v) is 6.20. The predicted molar refractivity (Wildman–Crippen MR) is 75.6 cm³/mol. The van der Waals surface area contributed by atoms with Gasteiger partial charge in [-0.15, -0.1) is 11.8 Å². The molecule has 1 aromatic rings. The molecule has 17 heavy (non-hydrogen) atoms. The molecule has 0 saturated heterocycles. The molecule has 0 heterocycles. The Balaban J connectivity index is 2.57. The molecular formula is C15H22OS. The summed E-state index contributed by atoms with van der Waals surface area (Å²) >= 11 is 1.65. The van der Waals surface area contributed by atoms with Gasteiger partial charge in [0.2, 0.25) is 0 Å². The Morgan fingerprint density at radius 2 is 1.94 bits per heavy atom. The van der Waals surface area contributed by atoms with Crippen LogP contribution in [0.3, 0.4) is 0 Å². The van der Waals surface area contributed by atoms with Crippen molar-refractivity contribution < 1.29 is 4.79 Å². The maximum Gasteiger partial charge on any atom is 0.145 e. The number of thioether (sulfide) groups is 1. The Hall–Kier alpha value is -0.760. The van der Waals surface area contributed by atoms with Crippen molar-refractivity contribution >= 4 is 17.5 Å². The summed E-state index contributed by atoms with van der Waals surface area (Å²) in [7, 11) is 0. The summed E-state index contributed by atoms with van der Waals surface area (Å²) in [5.74, 6) is 1.72. The van der Waals surface area contributed by atoms with Crippen molar-refractivity contribution in [2.45, 2.75) is 39.0 Å². The zero-order chi connectivity index (χ0) is 12.8. The molecule has 94 valence electrons. The summed E-state index contributed by atoms with van der Waals surface area (Å²) in [5.41, 5.74) is 1.36. The van der Waals surface area contributed by atoms with E-state index in [0.29, 0.717) is 17.5 Å². The van der Waals surface area contributed by atoms with E-state index < -0.39 is 0 Å². The van der Waals surface area contributed by atoms with E-state index in [-0.39, 0.29) is 5.92 Å². The minimum Gasteiger partial charge on any atom is -0.298 e. The highest BCUT2D eigenvalue weighted by molar-refractivity contribution is 8.00. The molecule has 0 N–H and O–H groups in total. The van der Waals surface area contributed by atoms with Crippen LogP contribution < -0.4 is 0 Å². The van der Waals surface area contributed by atoms with E-state index in [0.717, 1.165) is 6.42 Å². The van der Waals surface area contributed by atoms with Crippen LogP contribution in [-0.2, 0) is 11.2 Å². The second-order valence-electron chi connectivity index (χ2n) is 5.16. The number of hydrogen-bond acceptors (Lipinski definition) is 2. The largest absolute Gasteiger partial charge is 0.298 e. The fraction of sp³-hybridized carbons (Fsp3) is 0.533. The molecular weight excluding hydrogens is 228 g/mol. The molecule has 0 aliphatic rings. The van der Waals surface area contributed by atoms with Gasteiger partial charge in [0.05, 0.1) is 5.75 Å². The first-order valence-electron chi connectivity index (χ1n) is 6.23. The van der Waals surface area contributed by atoms with E-state index in [1.807, 2.05) is 13.8 Å². The van der Waals surface area contributed by atoms with Crippen molar-refractivity contribution in [2.75, 3.05) is 5.75 Å². The van der Waals surface area contributed by atoms with Gasteiger partial charge in [0.1, 0.15) is 5.78 Å². The molecule has 0 fully saturated rings. The lowest BCUT2D eigenvalue weighted by atomic mass is 10.0. The fourth-order valence-corrected chi connectivity index (χ4v) is 2.61. The fourth-order valence-electron chi connectivity index (χ4n) is 1.55. The van der Waals surface area contributed by atoms with Gasteiger partial charge in [0.15, 0.2) is 0 Å². The maximum atomic E-state index is 11.6. The number of hydrogen-bond donors (Lipinski definition) is 0. The molecule has 0 aromatic heterocycles. The summed E-state index contributed by atoms with van der Waals surface area (Å²) in [6.07, 6.45) is 1.10. The molecule has 0 amide bonds. The summed E-state index contributed by atoms with van der Waals surface area (Å²) in [6, 6.07) is 8.54. The zero-order valence-electron chi connectivity index (χ0n) is 11.2. The van der Waals surface area contributed by atoms with E-state index in [1.165, 1.54) is 10.5 Å². The van der Waals surface area contributed by atoms with Crippen molar-refractivity contribution in [3.8, 4) is 0 Å². The number of benzene rings is 1.